The van der Waals surface area contributed by atoms with E-state index in [1.807, 2.05) is 0 Å². The van der Waals surface area contributed by atoms with Crippen LogP contribution in [0.1, 0.15) is 88.0 Å². The molecule has 2 atom stereocenters. The second kappa shape index (κ2) is 20.7. The number of aryl methyl sites for hydroxylation is 1. The van der Waals surface area contributed by atoms with Gasteiger partial charge in [0.2, 0.25) is 0 Å². The molecule has 2 unspecified atom stereocenters. The van der Waals surface area contributed by atoms with Crippen molar-refractivity contribution >= 4 is 44.9 Å². The fraction of sp³-hybridized carbons (Fsp3) is 0.190. The minimum Gasteiger partial charge on any atom is -0.310 e. The maximum absolute atomic E-state index is 2.57. The molecule has 0 N–H and O–H groups in total. The van der Waals surface area contributed by atoms with E-state index in [9.17, 15) is 0 Å². The van der Waals surface area contributed by atoms with Gasteiger partial charge in [-0.2, -0.15) is 0 Å². The average Bonchev–Trinajstić information content (AvgIpc) is 4.04. The lowest BCUT2D eigenvalue weighted by molar-refractivity contribution is 0.106. The van der Waals surface area contributed by atoms with Crippen LogP contribution in [0, 0.1) is 18.8 Å². The molecule has 81 heavy (non-hydrogen) atoms. The molecule has 3 aliphatic rings. The molecule has 2 saturated carbocycles. The standard InChI is InChI=1S/C79H70N2/c1-5-79(52-55-16-14-17-56(49-55)53-79)65-36-47-77(54(2)48-65)81(68-39-32-62(33-40-68)60-28-26-59(27-29-60)57-18-8-6-9-19-57)70-44-46-74-73-45-43-69(50-75(73)78(3,4)76(74)51-70)80(66-37-30-61(31-38-66)58-20-10-7-11-21-58)67-41-34-64(35-42-67)72-25-15-23-63-22-12-13-24-71(63)72/h6-13,15,18-48,50-51,55-56H,5,14,16-17,49,52-53H2,1-4H3. The van der Waals surface area contributed by atoms with E-state index in [1.165, 1.54) is 139 Å². The monoisotopic (exact) mass is 1050 g/mol. The van der Waals surface area contributed by atoms with Crippen LogP contribution in [0.3, 0.4) is 0 Å². The molecule has 2 heteroatoms. The van der Waals surface area contributed by atoms with Crippen LogP contribution in [0.25, 0.3) is 66.4 Å². The number of nitrogens with zero attached hydrogens (tertiary/aromatic N) is 2. The zero-order valence-corrected chi connectivity index (χ0v) is 47.2. The van der Waals surface area contributed by atoms with Crippen LogP contribution >= 0.6 is 0 Å². The third-order valence-corrected chi connectivity index (χ3v) is 19.0. The van der Waals surface area contributed by atoms with Gasteiger partial charge >= 0.3 is 0 Å². The summed E-state index contributed by atoms with van der Waals surface area (Å²) in [7, 11) is 0. The molecule has 0 amide bonds. The molecule has 0 radical (unpaired) electrons. The van der Waals surface area contributed by atoms with Gasteiger partial charge in [0, 0.05) is 39.5 Å². The second-order valence-corrected chi connectivity index (χ2v) is 24.2. The highest BCUT2D eigenvalue weighted by Gasteiger charge is 2.43. The Hall–Kier alpha value is -8.72. The van der Waals surface area contributed by atoms with Gasteiger partial charge in [-0.3, -0.25) is 0 Å². The highest BCUT2D eigenvalue weighted by Crippen LogP contribution is 2.55. The van der Waals surface area contributed by atoms with Gasteiger partial charge in [0.1, 0.15) is 0 Å². The molecule has 0 saturated heterocycles. The molecule has 11 aromatic rings. The highest BCUT2D eigenvalue weighted by atomic mass is 15.1. The Balaban J connectivity index is 0.837. The second-order valence-electron chi connectivity index (χ2n) is 24.2. The van der Waals surface area contributed by atoms with Gasteiger partial charge in [-0.15, -0.1) is 0 Å². The summed E-state index contributed by atoms with van der Waals surface area (Å²) < 4.78 is 0. The molecule has 2 nitrogen and oxygen atoms in total. The normalized spacial score (nSPS) is 17.8. The smallest absolute Gasteiger partial charge is 0.0490 e. The molecule has 2 bridgehead atoms. The summed E-state index contributed by atoms with van der Waals surface area (Å²) in [5, 5.41) is 2.52. The van der Waals surface area contributed by atoms with Gasteiger partial charge in [0.15, 0.2) is 0 Å². The van der Waals surface area contributed by atoms with E-state index in [0.29, 0.717) is 0 Å². The minimum absolute atomic E-state index is 0.254. The van der Waals surface area contributed by atoms with Crippen LogP contribution in [-0.4, -0.2) is 0 Å². The van der Waals surface area contributed by atoms with Crippen molar-refractivity contribution in [2.24, 2.45) is 11.8 Å². The van der Waals surface area contributed by atoms with E-state index in [4.69, 9.17) is 0 Å². The number of benzene rings is 11. The Bertz CT molecular complexity index is 4040. The molecular weight excluding hydrogens is 977 g/mol. The summed E-state index contributed by atoms with van der Waals surface area (Å²) in [4.78, 5) is 4.97. The van der Waals surface area contributed by atoms with Crippen molar-refractivity contribution in [3.8, 4) is 55.6 Å². The number of fused-ring (bicyclic) bond motifs is 6. The largest absolute Gasteiger partial charge is 0.310 e. The van der Waals surface area contributed by atoms with Crippen molar-refractivity contribution in [2.75, 3.05) is 9.80 Å². The van der Waals surface area contributed by atoms with E-state index in [0.717, 1.165) is 34.6 Å². The van der Waals surface area contributed by atoms with E-state index >= 15 is 0 Å². The third kappa shape index (κ3) is 9.25. The van der Waals surface area contributed by atoms with Gasteiger partial charge in [-0.25, -0.2) is 0 Å². The van der Waals surface area contributed by atoms with E-state index in [2.05, 4.69) is 292 Å². The molecular formula is C79H70N2. The first-order valence-electron chi connectivity index (χ1n) is 29.7. The number of rotatable bonds is 12. The first-order chi connectivity index (χ1) is 39.7. The van der Waals surface area contributed by atoms with Gasteiger partial charge in [-0.05, 0) is 205 Å². The lowest BCUT2D eigenvalue weighted by Crippen LogP contribution is -2.38. The average molecular weight is 1050 g/mol. The van der Waals surface area contributed by atoms with Crippen molar-refractivity contribution in [1.82, 2.24) is 0 Å². The van der Waals surface area contributed by atoms with E-state index in [-0.39, 0.29) is 10.8 Å². The first kappa shape index (κ1) is 50.5. The molecule has 11 aromatic carbocycles. The summed E-state index contributed by atoms with van der Waals surface area (Å²) in [6.45, 7) is 9.66. The maximum atomic E-state index is 2.57. The molecule has 396 valence electrons. The zero-order chi connectivity index (χ0) is 54.7. The number of hydrogen-bond donors (Lipinski definition) is 0. The Morgan fingerprint density at radius 2 is 0.840 bits per heavy atom. The van der Waals surface area contributed by atoms with Crippen LogP contribution in [0.5, 0.6) is 0 Å². The third-order valence-electron chi connectivity index (χ3n) is 19.0. The van der Waals surface area contributed by atoms with Crippen molar-refractivity contribution < 1.29 is 0 Å². The first-order valence-corrected chi connectivity index (χ1v) is 29.7. The Morgan fingerprint density at radius 1 is 0.395 bits per heavy atom. The Kier molecular flexibility index (Phi) is 12.9. The quantitative estimate of drug-likeness (QED) is 0.120. The fourth-order valence-electron chi connectivity index (χ4n) is 14.8. The van der Waals surface area contributed by atoms with Crippen molar-refractivity contribution in [2.45, 2.75) is 83.5 Å². The van der Waals surface area contributed by atoms with Crippen LogP contribution < -0.4 is 9.80 Å². The lowest BCUT2D eigenvalue weighted by atomic mass is 9.57. The van der Waals surface area contributed by atoms with Gasteiger partial charge < -0.3 is 9.80 Å². The molecule has 0 spiro atoms. The lowest BCUT2D eigenvalue weighted by Gasteiger charge is -2.48. The summed E-state index contributed by atoms with van der Waals surface area (Å²) >= 11 is 0. The zero-order valence-electron chi connectivity index (χ0n) is 47.2. The predicted molar refractivity (Wildman–Crippen MR) is 344 cm³/mol. The van der Waals surface area contributed by atoms with E-state index < -0.39 is 0 Å². The molecule has 3 aliphatic carbocycles. The summed E-state index contributed by atoms with van der Waals surface area (Å²) in [6.07, 6.45) is 9.51. The van der Waals surface area contributed by atoms with Gasteiger partial charge in [0.25, 0.3) is 0 Å². The van der Waals surface area contributed by atoms with Crippen molar-refractivity contribution in [3.05, 3.63) is 277 Å². The topological polar surface area (TPSA) is 6.48 Å². The summed E-state index contributed by atoms with van der Waals surface area (Å²) in [6, 6.07) is 95.2. The Morgan fingerprint density at radius 3 is 1.37 bits per heavy atom. The number of hydrogen-bond acceptors (Lipinski definition) is 2. The summed E-state index contributed by atoms with van der Waals surface area (Å²) in [5.41, 5.74) is 24.8. The number of anilines is 6. The van der Waals surface area contributed by atoms with Gasteiger partial charge in [0.05, 0.1) is 0 Å². The molecule has 0 aromatic heterocycles. The predicted octanol–water partition coefficient (Wildman–Crippen LogP) is 22.3. The van der Waals surface area contributed by atoms with Crippen molar-refractivity contribution in [1.29, 1.82) is 0 Å². The van der Waals surface area contributed by atoms with Crippen LogP contribution in [-0.2, 0) is 10.8 Å². The fourth-order valence-corrected chi connectivity index (χ4v) is 14.8. The van der Waals surface area contributed by atoms with Crippen molar-refractivity contribution in [3.63, 3.8) is 0 Å². The van der Waals surface area contributed by atoms with Gasteiger partial charge in [-0.1, -0.05) is 228 Å². The Labute approximate surface area is 480 Å². The molecule has 0 heterocycles. The van der Waals surface area contributed by atoms with Crippen LogP contribution in [0.4, 0.5) is 34.1 Å². The molecule has 0 aliphatic heterocycles. The summed E-state index contributed by atoms with van der Waals surface area (Å²) in [5.74, 6) is 1.72. The highest BCUT2D eigenvalue weighted by molar-refractivity contribution is 5.97. The maximum Gasteiger partial charge on any atom is 0.0490 e. The SMILES string of the molecule is CCC1(c2ccc(N(c3ccc(-c4ccc(-c5ccccc5)cc4)cc3)c3ccc4c(c3)C(C)(C)c3cc(N(c5ccc(-c6ccccc6)cc5)c5ccc(-c6cccc7ccccc67)cc5)ccc3-4)c(C)c2)CC2CCCC(C2)C1. The molecule has 14 rings (SSSR count). The van der Waals surface area contributed by atoms with E-state index in [1.54, 1.807) is 5.56 Å². The van der Waals surface area contributed by atoms with Crippen LogP contribution in [0.15, 0.2) is 255 Å². The van der Waals surface area contributed by atoms with Crippen LogP contribution in [0.2, 0.25) is 0 Å². The molecule has 2 fully saturated rings. The minimum atomic E-state index is -0.287.